The SMILES string of the molecule is CCNCc1cccc(F)c1OCc1cncn1CC. The molecule has 1 heterocycles. The molecule has 2 rings (SSSR count). The van der Waals surface area contributed by atoms with E-state index >= 15 is 0 Å². The van der Waals surface area contributed by atoms with Gasteiger partial charge in [-0.05, 0) is 19.5 Å². The van der Waals surface area contributed by atoms with Crippen LogP contribution >= 0.6 is 0 Å². The first-order valence-electron chi connectivity index (χ1n) is 6.86. The third kappa shape index (κ3) is 3.36. The lowest BCUT2D eigenvalue weighted by Crippen LogP contribution is -2.14. The summed E-state index contributed by atoms with van der Waals surface area (Å²) in [6, 6.07) is 4.99. The highest BCUT2D eigenvalue weighted by Gasteiger charge is 2.11. The Morgan fingerprint density at radius 3 is 2.95 bits per heavy atom. The topological polar surface area (TPSA) is 39.1 Å². The van der Waals surface area contributed by atoms with Crippen molar-refractivity contribution in [2.24, 2.45) is 0 Å². The molecule has 0 amide bonds. The van der Waals surface area contributed by atoms with Crippen LogP contribution in [0.4, 0.5) is 4.39 Å². The number of nitrogens with one attached hydrogen (secondary N) is 1. The quantitative estimate of drug-likeness (QED) is 0.846. The summed E-state index contributed by atoms with van der Waals surface area (Å²) in [5.74, 6) is -0.0136. The van der Waals surface area contributed by atoms with E-state index in [0.29, 0.717) is 18.9 Å². The highest BCUT2D eigenvalue weighted by Crippen LogP contribution is 2.23. The zero-order valence-electron chi connectivity index (χ0n) is 11.9. The molecule has 1 aromatic carbocycles. The number of aryl methyl sites for hydroxylation is 1. The number of rotatable bonds is 7. The van der Waals surface area contributed by atoms with Gasteiger partial charge in [0.1, 0.15) is 6.61 Å². The van der Waals surface area contributed by atoms with Gasteiger partial charge in [0.15, 0.2) is 11.6 Å². The van der Waals surface area contributed by atoms with Crippen LogP contribution < -0.4 is 10.1 Å². The number of benzene rings is 1. The van der Waals surface area contributed by atoms with Crippen molar-refractivity contribution in [3.8, 4) is 5.75 Å². The molecule has 0 atom stereocenters. The van der Waals surface area contributed by atoms with Crippen LogP contribution in [0.15, 0.2) is 30.7 Å². The molecule has 20 heavy (non-hydrogen) atoms. The van der Waals surface area contributed by atoms with Crippen molar-refractivity contribution < 1.29 is 9.13 Å². The molecule has 0 aliphatic rings. The Morgan fingerprint density at radius 1 is 1.35 bits per heavy atom. The molecule has 2 aromatic rings. The fourth-order valence-corrected chi connectivity index (χ4v) is 2.01. The van der Waals surface area contributed by atoms with Crippen molar-refractivity contribution in [2.75, 3.05) is 6.54 Å². The number of para-hydroxylation sites is 1. The molecule has 0 spiro atoms. The van der Waals surface area contributed by atoms with Gasteiger partial charge >= 0.3 is 0 Å². The van der Waals surface area contributed by atoms with Gasteiger partial charge in [-0.1, -0.05) is 19.1 Å². The monoisotopic (exact) mass is 277 g/mol. The molecule has 0 bridgehead atoms. The van der Waals surface area contributed by atoms with Crippen molar-refractivity contribution in [2.45, 2.75) is 33.5 Å². The smallest absolute Gasteiger partial charge is 0.165 e. The number of hydrogen-bond donors (Lipinski definition) is 1. The number of nitrogens with zero attached hydrogens (tertiary/aromatic N) is 2. The van der Waals surface area contributed by atoms with Gasteiger partial charge in [0.2, 0.25) is 0 Å². The largest absolute Gasteiger partial charge is 0.484 e. The van der Waals surface area contributed by atoms with Crippen LogP contribution in [0.5, 0.6) is 5.75 Å². The summed E-state index contributed by atoms with van der Waals surface area (Å²) < 4.78 is 21.6. The summed E-state index contributed by atoms with van der Waals surface area (Å²) in [6.07, 6.45) is 3.49. The van der Waals surface area contributed by atoms with Crippen LogP contribution in [-0.2, 0) is 19.7 Å². The zero-order valence-corrected chi connectivity index (χ0v) is 11.9. The van der Waals surface area contributed by atoms with Crippen LogP contribution in [0.2, 0.25) is 0 Å². The molecule has 0 saturated carbocycles. The van der Waals surface area contributed by atoms with E-state index in [-0.39, 0.29) is 5.82 Å². The maximum atomic E-state index is 13.9. The van der Waals surface area contributed by atoms with E-state index in [1.165, 1.54) is 6.07 Å². The Morgan fingerprint density at radius 2 is 2.20 bits per heavy atom. The number of hydrogen-bond acceptors (Lipinski definition) is 3. The summed E-state index contributed by atoms with van der Waals surface area (Å²) in [4.78, 5) is 4.08. The maximum Gasteiger partial charge on any atom is 0.165 e. The molecule has 0 aliphatic carbocycles. The summed E-state index contributed by atoms with van der Waals surface area (Å²) in [6.45, 7) is 6.60. The van der Waals surface area contributed by atoms with Crippen molar-refractivity contribution in [3.05, 3.63) is 47.8 Å². The van der Waals surface area contributed by atoms with Gasteiger partial charge in [-0.15, -0.1) is 0 Å². The second-order valence-electron chi connectivity index (χ2n) is 4.47. The summed E-state index contributed by atoms with van der Waals surface area (Å²) in [5.41, 5.74) is 1.76. The van der Waals surface area contributed by atoms with Gasteiger partial charge in [-0.3, -0.25) is 0 Å². The Labute approximate surface area is 118 Å². The third-order valence-electron chi connectivity index (χ3n) is 3.12. The van der Waals surface area contributed by atoms with Gasteiger partial charge in [0, 0.05) is 18.7 Å². The standard InChI is InChI=1S/C15H20FN3O/c1-3-17-8-12-6-5-7-14(16)15(12)20-10-13-9-18-11-19(13)4-2/h5-7,9,11,17H,3-4,8,10H2,1-2H3. The van der Waals surface area contributed by atoms with Gasteiger partial charge in [0.05, 0.1) is 18.2 Å². The molecule has 5 heteroatoms. The molecule has 0 fully saturated rings. The van der Waals surface area contributed by atoms with Crippen LogP contribution in [0.25, 0.3) is 0 Å². The number of imidazole rings is 1. The second kappa shape index (κ2) is 7.05. The summed E-state index contributed by atoms with van der Waals surface area (Å²) >= 11 is 0. The van der Waals surface area contributed by atoms with Crippen molar-refractivity contribution in [1.82, 2.24) is 14.9 Å². The first kappa shape index (κ1) is 14.5. The fraction of sp³-hybridized carbons (Fsp3) is 0.400. The third-order valence-corrected chi connectivity index (χ3v) is 3.12. The Kier molecular flexibility index (Phi) is 5.12. The molecule has 1 N–H and O–H groups in total. The second-order valence-corrected chi connectivity index (χ2v) is 4.47. The zero-order chi connectivity index (χ0) is 14.4. The molecule has 0 saturated heterocycles. The molecule has 108 valence electrons. The highest BCUT2D eigenvalue weighted by atomic mass is 19.1. The molecule has 0 unspecified atom stereocenters. The summed E-state index contributed by atoms with van der Waals surface area (Å²) in [7, 11) is 0. The first-order valence-corrected chi connectivity index (χ1v) is 6.86. The predicted molar refractivity (Wildman–Crippen MR) is 76.0 cm³/mol. The van der Waals surface area contributed by atoms with Gasteiger partial charge in [0.25, 0.3) is 0 Å². The first-order chi connectivity index (χ1) is 9.76. The van der Waals surface area contributed by atoms with E-state index in [1.807, 2.05) is 24.5 Å². The van der Waals surface area contributed by atoms with E-state index in [0.717, 1.165) is 24.3 Å². The molecular weight excluding hydrogens is 257 g/mol. The number of halogens is 1. The Balaban J connectivity index is 2.12. The van der Waals surface area contributed by atoms with Crippen LogP contribution in [0.3, 0.4) is 0 Å². The van der Waals surface area contributed by atoms with Gasteiger partial charge in [-0.2, -0.15) is 0 Å². The fourth-order valence-electron chi connectivity index (χ4n) is 2.01. The lowest BCUT2D eigenvalue weighted by Gasteiger charge is -2.13. The van der Waals surface area contributed by atoms with Crippen molar-refractivity contribution in [1.29, 1.82) is 0 Å². The minimum Gasteiger partial charge on any atom is -0.484 e. The average molecular weight is 277 g/mol. The van der Waals surface area contributed by atoms with Crippen LogP contribution in [0.1, 0.15) is 25.1 Å². The predicted octanol–water partition coefficient (Wildman–Crippen LogP) is 2.73. The Hall–Kier alpha value is -1.88. The van der Waals surface area contributed by atoms with Crippen molar-refractivity contribution in [3.63, 3.8) is 0 Å². The number of ether oxygens (including phenoxy) is 1. The van der Waals surface area contributed by atoms with E-state index < -0.39 is 0 Å². The van der Waals surface area contributed by atoms with E-state index in [4.69, 9.17) is 4.74 Å². The lowest BCUT2D eigenvalue weighted by atomic mass is 10.2. The van der Waals surface area contributed by atoms with Crippen LogP contribution in [-0.4, -0.2) is 16.1 Å². The van der Waals surface area contributed by atoms with E-state index in [1.54, 1.807) is 18.6 Å². The highest BCUT2D eigenvalue weighted by molar-refractivity contribution is 5.35. The van der Waals surface area contributed by atoms with E-state index in [2.05, 4.69) is 10.3 Å². The van der Waals surface area contributed by atoms with E-state index in [9.17, 15) is 4.39 Å². The number of aromatic nitrogens is 2. The minimum absolute atomic E-state index is 0.313. The van der Waals surface area contributed by atoms with Crippen molar-refractivity contribution >= 4 is 0 Å². The van der Waals surface area contributed by atoms with Gasteiger partial charge < -0.3 is 14.6 Å². The normalized spacial score (nSPS) is 10.8. The molecular formula is C15H20FN3O. The minimum atomic E-state index is -0.331. The average Bonchev–Trinajstić information content (AvgIpc) is 2.91. The maximum absolute atomic E-state index is 13.9. The molecule has 4 nitrogen and oxygen atoms in total. The molecule has 0 aliphatic heterocycles. The van der Waals surface area contributed by atoms with Gasteiger partial charge in [-0.25, -0.2) is 9.37 Å². The van der Waals surface area contributed by atoms with Crippen LogP contribution in [0, 0.1) is 5.82 Å². The Bertz CT molecular complexity index is 554. The molecule has 1 aromatic heterocycles. The lowest BCUT2D eigenvalue weighted by molar-refractivity contribution is 0.277. The molecule has 0 radical (unpaired) electrons. The summed E-state index contributed by atoms with van der Waals surface area (Å²) in [5, 5.41) is 3.18.